The van der Waals surface area contributed by atoms with E-state index in [1.54, 1.807) is 7.11 Å². The highest BCUT2D eigenvalue weighted by atomic mass is 35.5. The standard InChI is InChI=1S/C27H26ClN5O/c1-32(2)17-23(18-8-5-4-6-9-18)27-31-30-25-16-29-26(19-10-7-11-21(14-19)34-3)22-15-20(28)12-13-24(22)33(25)27/h4-15,23H,16-17H2,1-3H3. The molecule has 6 nitrogen and oxygen atoms in total. The summed E-state index contributed by atoms with van der Waals surface area (Å²) in [6.45, 7) is 1.21. The number of rotatable bonds is 6. The highest BCUT2D eigenvalue weighted by Crippen LogP contribution is 2.33. The summed E-state index contributed by atoms with van der Waals surface area (Å²) >= 11 is 6.48. The molecule has 1 aliphatic heterocycles. The molecule has 0 spiro atoms. The predicted molar refractivity (Wildman–Crippen MR) is 136 cm³/mol. The number of ether oxygens (including phenoxy) is 1. The number of methoxy groups -OCH3 is 1. The van der Waals surface area contributed by atoms with Crippen LogP contribution in [0.2, 0.25) is 5.02 Å². The Morgan fingerprint density at radius 3 is 2.59 bits per heavy atom. The van der Waals surface area contributed by atoms with Crippen molar-refractivity contribution in [3.63, 3.8) is 0 Å². The first-order chi connectivity index (χ1) is 16.5. The minimum Gasteiger partial charge on any atom is -0.497 e. The van der Waals surface area contributed by atoms with Crippen LogP contribution in [0.15, 0.2) is 77.8 Å². The first-order valence-electron chi connectivity index (χ1n) is 11.2. The third-order valence-electron chi connectivity index (χ3n) is 5.99. The van der Waals surface area contributed by atoms with Crippen molar-refractivity contribution in [2.75, 3.05) is 27.7 Å². The third kappa shape index (κ3) is 4.22. The van der Waals surface area contributed by atoms with Crippen molar-refractivity contribution < 1.29 is 4.74 Å². The summed E-state index contributed by atoms with van der Waals surface area (Å²) in [5, 5.41) is 9.92. The molecule has 172 valence electrons. The summed E-state index contributed by atoms with van der Waals surface area (Å²) in [7, 11) is 5.82. The Hall–Kier alpha value is -3.48. The van der Waals surface area contributed by atoms with E-state index in [0.717, 1.165) is 46.5 Å². The smallest absolute Gasteiger partial charge is 0.159 e. The Labute approximate surface area is 204 Å². The van der Waals surface area contributed by atoms with E-state index in [0.29, 0.717) is 11.6 Å². The van der Waals surface area contributed by atoms with Gasteiger partial charge in [0, 0.05) is 22.7 Å². The van der Waals surface area contributed by atoms with Gasteiger partial charge < -0.3 is 9.64 Å². The second-order valence-corrected chi connectivity index (χ2v) is 9.03. The molecule has 0 aliphatic carbocycles. The quantitative estimate of drug-likeness (QED) is 0.398. The second-order valence-electron chi connectivity index (χ2n) is 8.59. The summed E-state index contributed by atoms with van der Waals surface area (Å²) in [6.07, 6.45) is 0. The van der Waals surface area contributed by atoms with Crippen molar-refractivity contribution in [1.29, 1.82) is 0 Å². The summed E-state index contributed by atoms with van der Waals surface area (Å²) in [4.78, 5) is 7.15. The summed E-state index contributed by atoms with van der Waals surface area (Å²) < 4.78 is 7.61. The lowest BCUT2D eigenvalue weighted by molar-refractivity contribution is 0.384. The Balaban J connectivity index is 1.70. The van der Waals surface area contributed by atoms with Crippen LogP contribution in [0.1, 0.15) is 34.3 Å². The van der Waals surface area contributed by atoms with Gasteiger partial charge in [0.25, 0.3) is 0 Å². The van der Waals surface area contributed by atoms with Crippen LogP contribution < -0.4 is 4.74 Å². The number of likely N-dealkylation sites (N-methyl/N-ethyl adjacent to an activating group) is 1. The maximum atomic E-state index is 6.48. The van der Waals surface area contributed by atoms with E-state index in [9.17, 15) is 0 Å². The van der Waals surface area contributed by atoms with Crippen LogP contribution >= 0.6 is 11.6 Å². The van der Waals surface area contributed by atoms with E-state index in [-0.39, 0.29) is 5.92 Å². The number of fused-ring (bicyclic) bond motifs is 3. The Bertz CT molecular complexity index is 1350. The van der Waals surface area contributed by atoms with Gasteiger partial charge in [-0.15, -0.1) is 10.2 Å². The normalized spacial score (nSPS) is 13.6. The van der Waals surface area contributed by atoms with Gasteiger partial charge >= 0.3 is 0 Å². The minimum atomic E-state index is 0.0411. The van der Waals surface area contributed by atoms with Gasteiger partial charge in [-0.2, -0.15) is 0 Å². The highest BCUT2D eigenvalue weighted by Gasteiger charge is 2.28. The maximum absolute atomic E-state index is 6.48. The van der Waals surface area contributed by atoms with E-state index in [2.05, 4.69) is 58.0 Å². The highest BCUT2D eigenvalue weighted by molar-refractivity contribution is 6.31. The molecule has 1 aromatic heterocycles. The van der Waals surface area contributed by atoms with Crippen LogP contribution in [-0.2, 0) is 6.54 Å². The number of nitrogens with zero attached hydrogens (tertiary/aromatic N) is 5. The summed E-state index contributed by atoms with van der Waals surface area (Å²) in [5.41, 5.74) is 4.93. The molecule has 5 rings (SSSR count). The lowest BCUT2D eigenvalue weighted by Crippen LogP contribution is -2.24. The van der Waals surface area contributed by atoms with E-state index in [1.165, 1.54) is 5.56 Å². The van der Waals surface area contributed by atoms with Crippen molar-refractivity contribution in [1.82, 2.24) is 19.7 Å². The number of hydrogen-bond acceptors (Lipinski definition) is 5. The van der Waals surface area contributed by atoms with Crippen LogP contribution in [0.25, 0.3) is 5.69 Å². The molecule has 1 unspecified atom stereocenters. The summed E-state index contributed by atoms with van der Waals surface area (Å²) in [5.74, 6) is 2.51. The molecule has 0 saturated carbocycles. The molecule has 0 saturated heterocycles. The van der Waals surface area contributed by atoms with E-state index < -0.39 is 0 Å². The van der Waals surface area contributed by atoms with Gasteiger partial charge in [-0.25, -0.2) is 0 Å². The van der Waals surface area contributed by atoms with Gasteiger partial charge in [0.05, 0.1) is 24.4 Å². The largest absolute Gasteiger partial charge is 0.497 e. The number of benzene rings is 3. The fraction of sp³-hybridized carbons (Fsp3) is 0.222. The van der Waals surface area contributed by atoms with Crippen LogP contribution in [-0.4, -0.2) is 53.1 Å². The fourth-order valence-electron chi connectivity index (χ4n) is 4.45. The van der Waals surface area contributed by atoms with Crippen molar-refractivity contribution in [2.45, 2.75) is 12.5 Å². The van der Waals surface area contributed by atoms with Crippen LogP contribution in [0.4, 0.5) is 0 Å². The number of aliphatic imine (C=N–C) groups is 1. The van der Waals surface area contributed by atoms with Gasteiger partial charge in [-0.05, 0) is 50.0 Å². The van der Waals surface area contributed by atoms with E-state index >= 15 is 0 Å². The molecule has 4 aromatic rings. The van der Waals surface area contributed by atoms with Crippen LogP contribution in [0, 0.1) is 0 Å². The molecule has 0 N–H and O–H groups in total. The predicted octanol–water partition coefficient (Wildman–Crippen LogP) is 4.97. The van der Waals surface area contributed by atoms with E-state index in [1.807, 2.05) is 48.5 Å². The lowest BCUT2D eigenvalue weighted by Gasteiger charge is -2.23. The first kappa shape index (κ1) is 22.3. The summed E-state index contributed by atoms with van der Waals surface area (Å²) in [6, 6.07) is 24.3. The topological polar surface area (TPSA) is 55.5 Å². The Kier molecular flexibility index (Phi) is 6.18. The molecule has 0 amide bonds. The fourth-order valence-corrected chi connectivity index (χ4v) is 4.62. The molecule has 34 heavy (non-hydrogen) atoms. The third-order valence-corrected chi connectivity index (χ3v) is 6.23. The molecule has 1 aliphatic rings. The van der Waals surface area contributed by atoms with Crippen molar-refractivity contribution in [3.8, 4) is 11.4 Å². The number of halogens is 1. The molecule has 7 heteroatoms. The lowest BCUT2D eigenvalue weighted by atomic mass is 9.96. The van der Waals surface area contributed by atoms with Gasteiger partial charge in [0.15, 0.2) is 5.82 Å². The molecular formula is C27H26ClN5O. The van der Waals surface area contributed by atoms with Gasteiger partial charge in [-0.1, -0.05) is 54.1 Å². The van der Waals surface area contributed by atoms with Crippen molar-refractivity contribution in [2.24, 2.45) is 4.99 Å². The number of aromatic nitrogens is 3. The first-order valence-corrected chi connectivity index (χ1v) is 11.6. The average Bonchev–Trinajstić information content (AvgIpc) is 3.19. The van der Waals surface area contributed by atoms with Crippen molar-refractivity contribution in [3.05, 3.63) is 106 Å². The average molecular weight is 472 g/mol. The molecule has 0 fully saturated rings. The molecule has 3 aromatic carbocycles. The van der Waals surface area contributed by atoms with Crippen LogP contribution in [0.5, 0.6) is 5.75 Å². The van der Waals surface area contributed by atoms with Gasteiger partial charge in [0.2, 0.25) is 0 Å². The molecule has 2 heterocycles. The second kappa shape index (κ2) is 9.41. The number of hydrogen-bond donors (Lipinski definition) is 0. The zero-order valence-electron chi connectivity index (χ0n) is 19.4. The van der Waals surface area contributed by atoms with Gasteiger partial charge in [0.1, 0.15) is 18.1 Å². The zero-order valence-corrected chi connectivity index (χ0v) is 20.2. The molecular weight excluding hydrogens is 446 g/mol. The van der Waals surface area contributed by atoms with Crippen LogP contribution in [0.3, 0.4) is 0 Å². The maximum Gasteiger partial charge on any atom is 0.159 e. The molecule has 1 atom stereocenters. The van der Waals surface area contributed by atoms with E-state index in [4.69, 9.17) is 21.3 Å². The monoisotopic (exact) mass is 471 g/mol. The Morgan fingerprint density at radius 1 is 1.00 bits per heavy atom. The zero-order chi connectivity index (χ0) is 23.7. The Morgan fingerprint density at radius 2 is 1.82 bits per heavy atom. The SMILES string of the molecule is COc1cccc(C2=NCc3nnc(C(CN(C)C)c4ccccc4)n3-c3ccc(Cl)cc32)c1. The van der Waals surface area contributed by atoms with Gasteiger partial charge in [-0.3, -0.25) is 9.56 Å². The minimum absolute atomic E-state index is 0.0411. The molecule has 0 bridgehead atoms. The molecule has 0 radical (unpaired) electrons. The van der Waals surface area contributed by atoms with Crippen molar-refractivity contribution >= 4 is 17.3 Å².